The molecule has 58 heavy (non-hydrogen) atoms. The summed E-state index contributed by atoms with van der Waals surface area (Å²) >= 11 is 0. The lowest BCUT2D eigenvalue weighted by molar-refractivity contribution is -0.160. The van der Waals surface area contributed by atoms with Gasteiger partial charge < -0.3 is 14.6 Å². The smallest absolute Gasteiger partial charge is 0.310 e. The number of rotatable bonds is 43. The zero-order valence-electron chi connectivity index (χ0n) is 37.8. The van der Waals surface area contributed by atoms with Crippen LogP contribution in [0.15, 0.2) is 85.1 Å². The fourth-order valence-electron chi connectivity index (χ4n) is 6.60. The lowest BCUT2D eigenvalue weighted by Crippen LogP contribution is -2.28. The Kier molecular flexibility index (Phi) is 46.0. The van der Waals surface area contributed by atoms with Gasteiger partial charge in [0.1, 0.15) is 6.61 Å². The van der Waals surface area contributed by atoms with E-state index in [4.69, 9.17) is 9.47 Å². The van der Waals surface area contributed by atoms with Crippen LogP contribution in [0.1, 0.15) is 219 Å². The molecule has 0 aliphatic rings. The first-order valence-corrected chi connectivity index (χ1v) is 24.1. The van der Waals surface area contributed by atoms with Gasteiger partial charge in [-0.15, -0.1) is 0 Å². The molecule has 0 aromatic carbocycles. The van der Waals surface area contributed by atoms with E-state index in [1.807, 2.05) is 6.08 Å². The topological polar surface area (TPSA) is 72.8 Å². The van der Waals surface area contributed by atoms with Crippen LogP contribution in [0.25, 0.3) is 0 Å². The van der Waals surface area contributed by atoms with Crippen molar-refractivity contribution in [2.75, 3.05) is 13.2 Å². The Labute approximate surface area is 358 Å². The largest absolute Gasteiger partial charge is 0.462 e. The van der Waals surface area contributed by atoms with Crippen molar-refractivity contribution in [1.29, 1.82) is 0 Å². The van der Waals surface area contributed by atoms with Crippen LogP contribution >= 0.6 is 0 Å². The van der Waals surface area contributed by atoms with Crippen LogP contribution in [-0.2, 0) is 19.1 Å². The molecule has 0 aliphatic heterocycles. The summed E-state index contributed by atoms with van der Waals surface area (Å²) in [5.41, 5.74) is 0. The Bertz CT molecular complexity index is 1090. The summed E-state index contributed by atoms with van der Waals surface area (Å²) in [6.07, 6.45) is 67.1. The maximum atomic E-state index is 12.2. The summed E-state index contributed by atoms with van der Waals surface area (Å²) < 4.78 is 10.5. The maximum Gasteiger partial charge on any atom is 0.310 e. The molecule has 0 saturated carbocycles. The molecule has 332 valence electrons. The molecule has 5 heteroatoms. The fraction of sp³-hybridized carbons (Fsp3) is 0.698. The van der Waals surface area contributed by atoms with Gasteiger partial charge in [-0.3, -0.25) is 9.59 Å². The van der Waals surface area contributed by atoms with Crippen LogP contribution in [0.4, 0.5) is 0 Å². The molecular formula is C53H90O5. The molecule has 0 aliphatic carbocycles. The summed E-state index contributed by atoms with van der Waals surface area (Å²) in [4.78, 5) is 24.3. The zero-order valence-corrected chi connectivity index (χ0v) is 37.8. The third kappa shape index (κ3) is 45.8. The van der Waals surface area contributed by atoms with Crippen LogP contribution in [0.3, 0.4) is 0 Å². The Morgan fingerprint density at radius 2 is 0.793 bits per heavy atom. The van der Waals surface area contributed by atoms with Gasteiger partial charge in [-0.1, -0.05) is 221 Å². The molecule has 1 N–H and O–H groups in total. The maximum absolute atomic E-state index is 12.2. The second kappa shape index (κ2) is 48.4. The van der Waals surface area contributed by atoms with Gasteiger partial charge in [0.15, 0.2) is 6.10 Å². The van der Waals surface area contributed by atoms with Gasteiger partial charge >= 0.3 is 11.9 Å². The summed E-state index contributed by atoms with van der Waals surface area (Å²) in [5.74, 6) is -0.738. The second-order valence-corrected chi connectivity index (χ2v) is 15.8. The van der Waals surface area contributed by atoms with E-state index in [1.54, 1.807) is 6.08 Å². The molecule has 0 aromatic heterocycles. The molecule has 1 atom stereocenters. The van der Waals surface area contributed by atoms with Crippen LogP contribution in [0, 0.1) is 0 Å². The van der Waals surface area contributed by atoms with Gasteiger partial charge in [-0.2, -0.15) is 0 Å². The number of esters is 2. The minimum Gasteiger partial charge on any atom is -0.462 e. The van der Waals surface area contributed by atoms with E-state index < -0.39 is 12.1 Å². The highest BCUT2D eigenvalue weighted by atomic mass is 16.6. The van der Waals surface area contributed by atoms with E-state index in [2.05, 4.69) is 86.8 Å². The van der Waals surface area contributed by atoms with E-state index in [-0.39, 0.29) is 25.6 Å². The van der Waals surface area contributed by atoms with E-state index in [1.165, 1.54) is 135 Å². The third-order valence-electron chi connectivity index (χ3n) is 10.2. The first kappa shape index (κ1) is 55.1. The van der Waals surface area contributed by atoms with Crippen molar-refractivity contribution < 1.29 is 24.2 Å². The predicted molar refractivity (Wildman–Crippen MR) is 251 cm³/mol. The molecule has 1 unspecified atom stereocenters. The average Bonchev–Trinajstić information content (AvgIpc) is 3.23. The molecule has 0 aromatic rings. The van der Waals surface area contributed by atoms with Crippen molar-refractivity contribution in [3.63, 3.8) is 0 Å². The van der Waals surface area contributed by atoms with Gasteiger partial charge in [0.2, 0.25) is 0 Å². The molecule has 0 heterocycles. The van der Waals surface area contributed by atoms with Crippen molar-refractivity contribution in [1.82, 2.24) is 0 Å². The molecule has 0 spiro atoms. The third-order valence-corrected chi connectivity index (χ3v) is 10.2. The van der Waals surface area contributed by atoms with Crippen molar-refractivity contribution in [3.05, 3.63) is 85.1 Å². The van der Waals surface area contributed by atoms with Crippen LogP contribution in [0.2, 0.25) is 0 Å². The molecule has 0 saturated heterocycles. The van der Waals surface area contributed by atoms with E-state index >= 15 is 0 Å². The summed E-state index contributed by atoms with van der Waals surface area (Å²) in [6, 6.07) is 0. The number of carbonyl (C=O) groups is 2. The first-order valence-electron chi connectivity index (χ1n) is 24.1. The monoisotopic (exact) mass is 807 g/mol. The predicted octanol–water partition coefficient (Wildman–Crippen LogP) is 15.9. The molecule has 0 bridgehead atoms. The van der Waals surface area contributed by atoms with Crippen LogP contribution in [-0.4, -0.2) is 36.4 Å². The van der Waals surface area contributed by atoms with Crippen molar-refractivity contribution in [3.8, 4) is 0 Å². The number of unbranched alkanes of at least 4 members (excludes halogenated alkanes) is 22. The van der Waals surface area contributed by atoms with Crippen LogP contribution in [0.5, 0.6) is 0 Å². The average molecular weight is 807 g/mol. The van der Waals surface area contributed by atoms with Gasteiger partial charge in [0.25, 0.3) is 0 Å². The Morgan fingerprint density at radius 1 is 0.431 bits per heavy atom. The molecule has 0 rings (SSSR count). The highest BCUT2D eigenvalue weighted by molar-refractivity contribution is 5.71. The van der Waals surface area contributed by atoms with E-state index in [0.717, 1.165) is 57.8 Å². The number of allylic oxidation sites excluding steroid dienone is 13. The van der Waals surface area contributed by atoms with Gasteiger partial charge in [0.05, 0.1) is 13.0 Å². The van der Waals surface area contributed by atoms with Gasteiger partial charge in [-0.05, 0) is 70.6 Å². The number of ether oxygens (including phenoxy) is 2. The van der Waals surface area contributed by atoms with Gasteiger partial charge in [0, 0.05) is 6.42 Å². The summed E-state index contributed by atoms with van der Waals surface area (Å²) in [7, 11) is 0. The standard InChI is InChI=1S/C53H90O5/c1-3-5-7-9-11-13-15-17-19-20-21-22-23-24-25-26-27-28-29-30-31-32-34-35-37-39-41-43-45-47-52(55)57-50-51(49-54)58-53(56)48-46-44-42-40-38-36-33-18-16-14-12-10-8-6-4-2/h6,8,12,14-15,17-18,20-21,33,38,40,44,46,51,54H,3-5,7,9-11,13,16,19,22-32,34-37,39,41-43,45,47-50H2,1-2H3/b8-6-,14-12-,17-15-,21-20-,33-18-,40-38-,46-44-. The second-order valence-electron chi connectivity index (χ2n) is 15.8. The lowest BCUT2D eigenvalue weighted by Gasteiger charge is -2.15. The number of aliphatic hydroxyl groups is 1. The number of aliphatic hydroxyl groups excluding tert-OH is 1. The van der Waals surface area contributed by atoms with Gasteiger partial charge in [-0.25, -0.2) is 0 Å². The highest BCUT2D eigenvalue weighted by Crippen LogP contribution is 2.15. The van der Waals surface area contributed by atoms with E-state index in [9.17, 15) is 14.7 Å². The Balaban J connectivity index is 3.54. The molecule has 0 fully saturated rings. The number of hydrogen-bond acceptors (Lipinski definition) is 5. The molecule has 0 radical (unpaired) electrons. The highest BCUT2D eigenvalue weighted by Gasteiger charge is 2.15. The molecular weight excluding hydrogens is 717 g/mol. The van der Waals surface area contributed by atoms with Crippen LogP contribution < -0.4 is 0 Å². The Morgan fingerprint density at radius 3 is 1.21 bits per heavy atom. The quantitative estimate of drug-likeness (QED) is 0.0377. The summed E-state index contributed by atoms with van der Waals surface area (Å²) in [6.45, 7) is 3.93. The first-order chi connectivity index (χ1) is 28.6. The normalized spacial score (nSPS) is 12.9. The molecule has 0 amide bonds. The van der Waals surface area contributed by atoms with E-state index in [0.29, 0.717) is 6.42 Å². The fourth-order valence-corrected chi connectivity index (χ4v) is 6.60. The summed E-state index contributed by atoms with van der Waals surface area (Å²) in [5, 5.41) is 9.57. The number of hydrogen-bond donors (Lipinski definition) is 1. The van der Waals surface area contributed by atoms with Crippen molar-refractivity contribution in [2.45, 2.75) is 225 Å². The minimum atomic E-state index is -0.829. The minimum absolute atomic E-state index is 0.108. The SMILES string of the molecule is CC/C=C\C/C=C\C/C=C\C/C=C\C/C=C\CC(=O)OC(CO)COC(=O)CCCCCCCCCCCCCCCCCCC/C=C\C/C=C\CCCCCCC. The lowest BCUT2D eigenvalue weighted by atomic mass is 10.0. The van der Waals surface area contributed by atoms with Crippen molar-refractivity contribution >= 4 is 11.9 Å². The molecule has 5 nitrogen and oxygen atoms in total. The number of carbonyl (C=O) groups excluding carboxylic acids is 2. The van der Waals surface area contributed by atoms with Crippen molar-refractivity contribution in [2.24, 2.45) is 0 Å². The zero-order chi connectivity index (χ0) is 42.1. The Hall–Kier alpha value is -2.92.